The van der Waals surface area contributed by atoms with Crippen LogP contribution in [-0.4, -0.2) is 29.8 Å². The van der Waals surface area contributed by atoms with Crippen LogP contribution in [0.25, 0.3) is 0 Å². The van der Waals surface area contributed by atoms with E-state index in [1.165, 1.54) is 7.11 Å². The summed E-state index contributed by atoms with van der Waals surface area (Å²) in [4.78, 5) is 4.11. The number of aliphatic imine (C=N–C) groups is 1. The minimum Gasteiger partial charge on any atom is -0.356 e. The second kappa shape index (κ2) is 4.70. The van der Waals surface area contributed by atoms with Gasteiger partial charge >= 0.3 is 0 Å². The van der Waals surface area contributed by atoms with E-state index in [0.717, 1.165) is 5.56 Å². The van der Waals surface area contributed by atoms with E-state index in [1.54, 1.807) is 24.3 Å². The van der Waals surface area contributed by atoms with Crippen molar-refractivity contribution in [1.29, 1.82) is 0 Å². The minimum absolute atomic E-state index is 0.191. The molecule has 0 radical (unpaired) electrons. The fourth-order valence-electron chi connectivity index (χ4n) is 1.99. The Morgan fingerprint density at radius 1 is 1.33 bits per heavy atom. The van der Waals surface area contributed by atoms with Crippen LogP contribution in [0.4, 0.5) is 8.78 Å². The summed E-state index contributed by atoms with van der Waals surface area (Å²) >= 11 is 3.19. The van der Waals surface area contributed by atoms with Crippen LogP contribution >= 0.6 is 15.9 Å². The normalized spacial score (nSPS) is 26.2. The molecule has 1 aromatic rings. The molecule has 0 spiro atoms. The Balaban J connectivity index is 2.44. The third-order valence-electron chi connectivity index (χ3n) is 3.07. The van der Waals surface area contributed by atoms with Gasteiger partial charge in [-0.25, -0.2) is 4.99 Å². The van der Waals surface area contributed by atoms with Crippen molar-refractivity contribution in [3.8, 4) is 0 Å². The molecule has 1 aromatic carbocycles. The number of halogens is 3. The predicted molar refractivity (Wildman–Crippen MR) is 70.8 cm³/mol. The molecule has 0 fully saturated rings. The predicted octanol–water partition coefficient (Wildman–Crippen LogP) is 3.56. The van der Waals surface area contributed by atoms with Crippen molar-refractivity contribution in [1.82, 2.24) is 0 Å². The van der Waals surface area contributed by atoms with Crippen molar-refractivity contribution >= 4 is 21.6 Å². The van der Waals surface area contributed by atoms with Gasteiger partial charge in [0.05, 0.1) is 11.8 Å². The molecule has 0 N–H and O–H groups in total. The van der Waals surface area contributed by atoms with Crippen molar-refractivity contribution in [2.45, 2.75) is 25.0 Å². The van der Waals surface area contributed by atoms with Gasteiger partial charge in [0.2, 0.25) is 0 Å². The van der Waals surface area contributed by atoms with Crippen molar-refractivity contribution in [3.63, 3.8) is 0 Å². The van der Waals surface area contributed by atoms with Gasteiger partial charge in [-0.1, -0.05) is 45.8 Å². The number of methoxy groups -OCH3 is 1. The fourth-order valence-corrected chi connectivity index (χ4v) is 2.54. The van der Waals surface area contributed by atoms with Gasteiger partial charge in [0.15, 0.2) is 5.72 Å². The molecule has 0 aromatic heterocycles. The fraction of sp³-hybridized carbons (Fsp3) is 0.462. The molecule has 1 aliphatic heterocycles. The quantitative estimate of drug-likeness (QED) is 0.781. The van der Waals surface area contributed by atoms with Gasteiger partial charge in [0.25, 0.3) is 5.92 Å². The Morgan fingerprint density at radius 2 is 1.94 bits per heavy atom. The number of rotatable bonds is 3. The van der Waals surface area contributed by atoms with E-state index in [4.69, 9.17) is 4.74 Å². The van der Waals surface area contributed by atoms with Crippen LogP contribution in [-0.2, 0) is 4.74 Å². The summed E-state index contributed by atoms with van der Waals surface area (Å²) in [6.07, 6.45) is -0.426. The van der Waals surface area contributed by atoms with Crippen molar-refractivity contribution in [3.05, 3.63) is 35.4 Å². The van der Waals surface area contributed by atoms with Gasteiger partial charge in [-0.05, 0) is 6.92 Å². The SMILES string of the molecule is COC1(CBr)CC(F)(F)C(c2ccc(C)cc2)=N1. The monoisotopic (exact) mass is 317 g/mol. The number of aryl methyl sites for hydroxylation is 1. The van der Waals surface area contributed by atoms with Gasteiger partial charge in [-0.3, -0.25) is 0 Å². The molecule has 2 nitrogen and oxygen atoms in total. The molecule has 1 heterocycles. The maximum atomic E-state index is 14.0. The molecule has 0 aliphatic carbocycles. The lowest BCUT2D eigenvalue weighted by atomic mass is 10.0. The van der Waals surface area contributed by atoms with Crippen LogP contribution in [0.2, 0.25) is 0 Å². The third kappa shape index (κ3) is 2.34. The number of ether oxygens (including phenoxy) is 1. The second-order valence-electron chi connectivity index (χ2n) is 4.49. The molecule has 0 saturated heterocycles. The molecular formula is C13H14BrF2NO. The van der Waals surface area contributed by atoms with E-state index in [-0.39, 0.29) is 11.0 Å². The van der Waals surface area contributed by atoms with Crippen molar-refractivity contribution in [2.24, 2.45) is 4.99 Å². The summed E-state index contributed by atoms with van der Waals surface area (Å²) in [5.74, 6) is -2.96. The zero-order valence-corrected chi connectivity index (χ0v) is 11.8. The highest BCUT2D eigenvalue weighted by molar-refractivity contribution is 9.09. The summed E-state index contributed by atoms with van der Waals surface area (Å²) in [6, 6.07) is 6.94. The largest absolute Gasteiger partial charge is 0.356 e. The average molecular weight is 318 g/mol. The minimum atomic E-state index is -2.96. The summed E-state index contributed by atoms with van der Waals surface area (Å²) in [6.45, 7) is 1.91. The Kier molecular flexibility index (Phi) is 3.56. The van der Waals surface area contributed by atoms with Crippen LogP contribution < -0.4 is 0 Å². The summed E-state index contributed by atoms with van der Waals surface area (Å²) in [7, 11) is 1.40. The first-order valence-corrected chi connectivity index (χ1v) is 6.71. The van der Waals surface area contributed by atoms with Crippen molar-refractivity contribution in [2.75, 3.05) is 12.4 Å². The molecule has 18 heavy (non-hydrogen) atoms. The smallest absolute Gasteiger partial charge is 0.294 e. The molecule has 1 aliphatic rings. The van der Waals surface area contributed by atoms with E-state index < -0.39 is 18.1 Å². The number of hydrogen-bond acceptors (Lipinski definition) is 2. The first-order chi connectivity index (χ1) is 8.42. The lowest BCUT2D eigenvalue weighted by Crippen LogP contribution is -2.33. The number of benzene rings is 1. The molecule has 0 amide bonds. The lowest BCUT2D eigenvalue weighted by molar-refractivity contribution is -0.0355. The van der Waals surface area contributed by atoms with Gasteiger partial charge in [-0.2, -0.15) is 8.78 Å². The van der Waals surface area contributed by atoms with E-state index in [2.05, 4.69) is 20.9 Å². The van der Waals surface area contributed by atoms with Crippen molar-refractivity contribution < 1.29 is 13.5 Å². The standard InChI is InChI=1S/C13H14BrF2NO/c1-9-3-5-10(6-4-9)11-13(15,16)7-12(8-14,17-11)18-2/h3-6H,7-8H2,1-2H3. The third-order valence-corrected chi connectivity index (χ3v) is 3.95. The van der Waals surface area contributed by atoms with E-state index in [1.807, 2.05) is 6.92 Å². The highest BCUT2D eigenvalue weighted by Gasteiger charge is 2.52. The van der Waals surface area contributed by atoms with E-state index in [9.17, 15) is 8.78 Å². The highest BCUT2D eigenvalue weighted by atomic mass is 79.9. The molecule has 0 bridgehead atoms. The Labute approximate surface area is 113 Å². The first-order valence-electron chi connectivity index (χ1n) is 5.59. The lowest BCUT2D eigenvalue weighted by Gasteiger charge is -2.21. The molecule has 0 saturated carbocycles. The summed E-state index contributed by atoms with van der Waals surface area (Å²) in [5, 5.41) is 0.251. The second-order valence-corrected chi connectivity index (χ2v) is 5.05. The number of nitrogens with zero attached hydrogens (tertiary/aromatic N) is 1. The summed E-state index contributed by atoms with van der Waals surface area (Å²) < 4.78 is 33.2. The molecule has 5 heteroatoms. The van der Waals surface area contributed by atoms with Gasteiger partial charge < -0.3 is 4.74 Å². The maximum Gasteiger partial charge on any atom is 0.294 e. The van der Waals surface area contributed by atoms with Crippen LogP contribution in [0.1, 0.15) is 17.5 Å². The highest BCUT2D eigenvalue weighted by Crippen LogP contribution is 2.41. The number of hydrogen-bond donors (Lipinski definition) is 0. The molecule has 2 rings (SSSR count). The van der Waals surface area contributed by atoms with E-state index >= 15 is 0 Å². The first kappa shape index (κ1) is 13.6. The Bertz CT molecular complexity index is 466. The zero-order valence-electron chi connectivity index (χ0n) is 10.2. The Morgan fingerprint density at radius 3 is 2.39 bits per heavy atom. The van der Waals surface area contributed by atoms with Crippen LogP contribution in [0.3, 0.4) is 0 Å². The topological polar surface area (TPSA) is 21.6 Å². The molecular weight excluding hydrogens is 304 g/mol. The molecule has 1 unspecified atom stereocenters. The van der Waals surface area contributed by atoms with Crippen LogP contribution in [0.15, 0.2) is 29.3 Å². The van der Waals surface area contributed by atoms with Gasteiger partial charge in [0.1, 0.15) is 5.71 Å². The van der Waals surface area contributed by atoms with Gasteiger partial charge in [-0.15, -0.1) is 0 Å². The molecule has 98 valence electrons. The van der Waals surface area contributed by atoms with Gasteiger partial charge in [0, 0.05) is 12.7 Å². The Hall–Kier alpha value is -0.810. The van der Waals surface area contributed by atoms with Crippen LogP contribution in [0, 0.1) is 6.92 Å². The van der Waals surface area contributed by atoms with E-state index in [0.29, 0.717) is 5.56 Å². The molecule has 1 atom stereocenters. The average Bonchev–Trinajstić information content (AvgIpc) is 2.63. The summed E-state index contributed by atoms with van der Waals surface area (Å²) in [5.41, 5.74) is 0.123. The number of alkyl halides is 3. The maximum absolute atomic E-state index is 14.0. The zero-order chi connectivity index (χ0) is 13.4. The van der Waals surface area contributed by atoms with Crippen LogP contribution in [0.5, 0.6) is 0 Å².